The third-order valence-electron chi connectivity index (χ3n) is 4.17. The Kier molecular flexibility index (Phi) is 9.47. The molecule has 0 saturated carbocycles. The highest BCUT2D eigenvalue weighted by molar-refractivity contribution is 6.33. The van der Waals surface area contributed by atoms with Crippen LogP contribution in [0.4, 0.5) is 26.3 Å². The van der Waals surface area contributed by atoms with E-state index in [1.54, 1.807) is 0 Å². The molecule has 0 aliphatic carbocycles. The van der Waals surface area contributed by atoms with Crippen molar-refractivity contribution in [1.82, 2.24) is 19.9 Å². The maximum Gasteiger partial charge on any atom is 0.573 e. The normalized spacial score (nSPS) is 11.4. The SMILES string of the molecule is FC(F)(F)Oc1ccc(-c2cc(Cl)ncn2)cc1Cl.FC(F)(F)Oc1ccc(-c2cc(Cl)ncn2)cc1Cl. The first-order chi connectivity index (χ1) is 17.7. The van der Waals surface area contributed by atoms with E-state index in [-0.39, 0.29) is 20.4 Å². The number of rotatable bonds is 4. The third kappa shape index (κ3) is 9.05. The Labute approximate surface area is 230 Å². The minimum atomic E-state index is -4.79. The number of ether oxygens (including phenoxy) is 2. The van der Waals surface area contributed by atoms with Gasteiger partial charge >= 0.3 is 12.7 Å². The van der Waals surface area contributed by atoms with Crippen molar-refractivity contribution in [3.05, 3.63) is 81.5 Å². The molecule has 4 aromatic rings. The van der Waals surface area contributed by atoms with Crippen molar-refractivity contribution in [3.8, 4) is 34.0 Å². The van der Waals surface area contributed by atoms with Crippen LogP contribution >= 0.6 is 46.4 Å². The number of hydrogen-bond donors (Lipinski definition) is 0. The summed E-state index contributed by atoms with van der Waals surface area (Å²) in [6.07, 6.45) is -7.09. The Morgan fingerprint density at radius 3 is 1.18 bits per heavy atom. The summed E-state index contributed by atoms with van der Waals surface area (Å²) < 4.78 is 80.0. The summed E-state index contributed by atoms with van der Waals surface area (Å²) in [4.78, 5) is 15.3. The molecule has 0 atom stereocenters. The van der Waals surface area contributed by atoms with Gasteiger partial charge in [-0.15, -0.1) is 26.3 Å². The molecule has 0 fully saturated rings. The highest BCUT2D eigenvalue weighted by Gasteiger charge is 2.32. The first kappa shape index (κ1) is 29.5. The standard InChI is InChI=1S/2C11H5Cl2F3N2O/c2*12-7-3-6(8-4-10(13)18-5-17-8)1-2-9(7)19-11(14,15)16/h2*1-5H. The van der Waals surface area contributed by atoms with Gasteiger partial charge in [-0.2, -0.15) is 0 Å². The summed E-state index contributed by atoms with van der Waals surface area (Å²) in [5, 5.41) is 0.0857. The van der Waals surface area contributed by atoms with Crippen LogP contribution < -0.4 is 9.47 Å². The topological polar surface area (TPSA) is 70.0 Å². The Balaban J connectivity index is 0.000000211. The molecule has 0 N–H and O–H groups in total. The fourth-order valence-corrected chi connectivity index (χ4v) is 3.45. The summed E-state index contributed by atoms with van der Waals surface area (Å²) in [5.74, 6) is -0.948. The summed E-state index contributed by atoms with van der Waals surface area (Å²) in [6.45, 7) is 0. The van der Waals surface area contributed by atoms with Gasteiger partial charge in [-0.25, -0.2) is 19.9 Å². The number of aromatic nitrogens is 4. The predicted molar refractivity (Wildman–Crippen MR) is 128 cm³/mol. The second kappa shape index (κ2) is 12.2. The van der Waals surface area contributed by atoms with Crippen molar-refractivity contribution in [2.24, 2.45) is 0 Å². The van der Waals surface area contributed by atoms with Crippen LogP contribution in [-0.4, -0.2) is 32.7 Å². The quantitative estimate of drug-likeness (QED) is 0.168. The fraction of sp³-hybridized carbons (Fsp3) is 0.0909. The van der Waals surface area contributed by atoms with E-state index in [4.69, 9.17) is 46.4 Å². The highest BCUT2D eigenvalue weighted by atomic mass is 35.5. The monoisotopic (exact) mass is 616 g/mol. The van der Waals surface area contributed by atoms with E-state index in [2.05, 4.69) is 29.4 Å². The summed E-state index contributed by atoms with van der Waals surface area (Å²) >= 11 is 22.8. The molecule has 200 valence electrons. The molecule has 0 saturated heterocycles. The Bertz CT molecular complexity index is 1320. The smallest absolute Gasteiger partial charge is 0.404 e. The molecule has 0 aliphatic heterocycles. The molecule has 2 heterocycles. The van der Waals surface area contributed by atoms with Crippen LogP contribution in [0.25, 0.3) is 22.5 Å². The van der Waals surface area contributed by atoms with Crippen LogP contribution in [0, 0.1) is 0 Å². The molecule has 2 aromatic heterocycles. The van der Waals surface area contributed by atoms with Crippen LogP contribution in [0.15, 0.2) is 61.2 Å². The summed E-state index contributed by atoms with van der Waals surface area (Å²) in [5.41, 5.74) is 1.90. The van der Waals surface area contributed by atoms with E-state index in [0.29, 0.717) is 22.5 Å². The van der Waals surface area contributed by atoms with Gasteiger partial charge in [-0.3, -0.25) is 0 Å². The van der Waals surface area contributed by atoms with Crippen molar-refractivity contribution < 1.29 is 35.8 Å². The largest absolute Gasteiger partial charge is 0.573 e. The number of nitrogens with zero attached hydrogens (tertiary/aromatic N) is 4. The molecule has 38 heavy (non-hydrogen) atoms. The zero-order valence-corrected chi connectivity index (χ0v) is 21.2. The van der Waals surface area contributed by atoms with E-state index in [9.17, 15) is 26.3 Å². The second-order valence-electron chi connectivity index (χ2n) is 6.84. The summed E-state index contributed by atoms with van der Waals surface area (Å²) in [7, 11) is 0. The Hall–Kier alpha value is -3.06. The molecule has 16 heteroatoms. The molecule has 2 aromatic carbocycles. The van der Waals surface area contributed by atoms with Gasteiger partial charge in [0, 0.05) is 23.3 Å². The molecule has 4 rings (SSSR count). The van der Waals surface area contributed by atoms with Gasteiger partial charge < -0.3 is 9.47 Å². The lowest BCUT2D eigenvalue weighted by molar-refractivity contribution is -0.275. The predicted octanol–water partition coefficient (Wildman–Crippen LogP) is 8.70. The van der Waals surface area contributed by atoms with Gasteiger partial charge in [-0.1, -0.05) is 46.4 Å². The van der Waals surface area contributed by atoms with Gasteiger partial charge in [0.25, 0.3) is 0 Å². The van der Waals surface area contributed by atoms with Gasteiger partial charge in [-0.05, 0) is 36.4 Å². The zero-order valence-electron chi connectivity index (χ0n) is 18.2. The van der Waals surface area contributed by atoms with Crippen LogP contribution in [0.3, 0.4) is 0 Å². The molecule has 0 amide bonds. The van der Waals surface area contributed by atoms with Gasteiger partial charge in [0.05, 0.1) is 21.4 Å². The molecule has 0 spiro atoms. The lowest BCUT2D eigenvalue weighted by Crippen LogP contribution is -2.17. The molecule has 0 bridgehead atoms. The number of halogens is 10. The van der Waals surface area contributed by atoms with E-state index in [0.717, 1.165) is 12.1 Å². The molecule has 6 nitrogen and oxygen atoms in total. The van der Waals surface area contributed by atoms with Crippen LogP contribution in [-0.2, 0) is 0 Å². The average Bonchev–Trinajstić information content (AvgIpc) is 2.80. The number of alkyl halides is 6. The lowest BCUT2D eigenvalue weighted by Gasteiger charge is -2.11. The molecular weight excluding hydrogens is 608 g/mol. The van der Waals surface area contributed by atoms with Crippen LogP contribution in [0.5, 0.6) is 11.5 Å². The Morgan fingerprint density at radius 2 is 0.895 bits per heavy atom. The summed E-state index contributed by atoms with van der Waals surface area (Å²) in [6, 6.07) is 10.6. The fourth-order valence-electron chi connectivity index (χ4n) is 2.72. The highest BCUT2D eigenvalue weighted by Crippen LogP contribution is 2.34. The van der Waals surface area contributed by atoms with Gasteiger partial charge in [0.2, 0.25) is 0 Å². The minimum Gasteiger partial charge on any atom is -0.404 e. The van der Waals surface area contributed by atoms with Crippen LogP contribution in [0.1, 0.15) is 0 Å². The molecule has 0 radical (unpaired) electrons. The van der Waals surface area contributed by atoms with E-state index >= 15 is 0 Å². The van der Waals surface area contributed by atoms with Gasteiger partial charge in [0.1, 0.15) is 34.5 Å². The minimum absolute atomic E-state index is 0.176. The van der Waals surface area contributed by atoms with Crippen LogP contribution in [0.2, 0.25) is 20.4 Å². The van der Waals surface area contributed by atoms with Crippen molar-refractivity contribution in [1.29, 1.82) is 0 Å². The average molecular weight is 618 g/mol. The second-order valence-corrected chi connectivity index (χ2v) is 8.43. The van der Waals surface area contributed by atoms with Gasteiger partial charge in [0.15, 0.2) is 0 Å². The third-order valence-corrected chi connectivity index (χ3v) is 5.18. The van der Waals surface area contributed by atoms with Crippen molar-refractivity contribution in [2.45, 2.75) is 12.7 Å². The number of hydrogen-bond acceptors (Lipinski definition) is 6. The maximum absolute atomic E-state index is 12.1. The van der Waals surface area contributed by atoms with Crippen molar-refractivity contribution in [2.75, 3.05) is 0 Å². The van der Waals surface area contributed by atoms with Crippen molar-refractivity contribution in [3.63, 3.8) is 0 Å². The first-order valence-corrected chi connectivity index (χ1v) is 11.3. The van der Waals surface area contributed by atoms with Crippen molar-refractivity contribution >= 4 is 46.4 Å². The zero-order chi connectivity index (χ0) is 28.1. The van der Waals surface area contributed by atoms with E-state index < -0.39 is 24.2 Å². The Morgan fingerprint density at radius 1 is 0.526 bits per heavy atom. The lowest BCUT2D eigenvalue weighted by atomic mass is 10.1. The molecular formula is C22H10Cl4F6N4O2. The molecule has 0 unspecified atom stereocenters. The maximum atomic E-state index is 12.1. The van der Waals surface area contributed by atoms with E-state index in [1.165, 1.54) is 49.1 Å². The first-order valence-electron chi connectivity index (χ1n) is 9.76. The molecule has 0 aliphatic rings. The number of benzene rings is 2. The van der Waals surface area contributed by atoms with E-state index in [1.807, 2.05) is 0 Å².